The molecule has 0 aliphatic carbocycles. The molecule has 2 aromatic rings. The van der Waals surface area contributed by atoms with E-state index in [2.05, 4.69) is 10.3 Å². The Balaban J connectivity index is 1.99. The van der Waals surface area contributed by atoms with Gasteiger partial charge in [-0.05, 0) is 24.3 Å². The maximum absolute atomic E-state index is 12.2. The van der Waals surface area contributed by atoms with Crippen molar-refractivity contribution in [3.05, 3.63) is 40.9 Å². The van der Waals surface area contributed by atoms with Crippen LogP contribution in [0.4, 0.5) is 5.13 Å². The molecule has 0 unspecified atom stereocenters. The summed E-state index contributed by atoms with van der Waals surface area (Å²) < 4.78 is 5.03. The van der Waals surface area contributed by atoms with Crippen LogP contribution in [0.5, 0.6) is 5.75 Å². The first kappa shape index (κ1) is 18.4. The molecule has 1 aromatic heterocycles. The quantitative estimate of drug-likeness (QED) is 0.778. The van der Waals surface area contributed by atoms with Crippen LogP contribution in [0.15, 0.2) is 29.6 Å². The highest BCUT2D eigenvalue weighted by Crippen LogP contribution is 2.18. The van der Waals surface area contributed by atoms with E-state index in [0.717, 1.165) is 11.3 Å². The summed E-state index contributed by atoms with van der Waals surface area (Å²) in [6.07, 6.45) is -0.145. The van der Waals surface area contributed by atoms with Gasteiger partial charge in [0.05, 0.1) is 13.5 Å². The van der Waals surface area contributed by atoms with Crippen molar-refractivity contribution >= 4 is 34.3 Å². The average molecular weight is 363 g/mol. The standard InChI is InChI=1S/C16H17N3O5S/c1-19(8-7-13(20)21)15(23)12-9-25-16(17-12)18-14(22)10-3-5-11(24-2)6-4-10/h3-6,9H,7-8H2,1-2H3,(H,20,21)(H,17,18,22). The van der Waals surface area contributed by atoms with Crippen LogP contribution < -0.4 is 10.1 Å². The van der Waals surface area contributed by atoms with Gasteiger partial charge in [-0.3, -0.25) is 19.7 Å². The third kappa shape index (κ3) is 5.01. The molecule has 0 aliphatic rings. The lowest BCUT2D eigenvalue weighted by Gasteiger charge is -2.14. The number of carboxylic acid groups (broad SMARTS) is 1. The minimum atomic E-state index is -0.981. The Kier molecular flexibility index (Phi) is 6.07. The lowest BCUT2D eigenvalue weighted by Crippen LogP contribution is -2.29. The van der Waals surface area contributed by atoms with Crippen LogP contribution in [-0.4, -0.2) is 53.5 Å². The number of ether oxygens (including phenoxy) is 1. The Morgan fingerprint density at radius 1 is 1.28 bits per heavy atom. The van der Waals surface area contributed by atoms with Crippen LogP contribution in [0, 0.1) is 0 Å². The summed E-state index contributed by atoms with van der Waals surface area (Å²) in [6.45, 7) is 0.0826. The van der Waals surface area contributed by atoms with Crippen molar-refractivity contribution in [1.29, 1.82) is 0 Å². The van der Waals surface area contributed by atoms with E-state index in [9.17, 15) is 14.4 Å². The summed E-state index contributed by atoms with van der Waals surface area (Å²) in [7, 11) is 3.04. The second-order valence-corrected chi connectivity index (χ2v) is 5.95. The largest absolute Gasteiger partial charge is 0.497 e. The molecule has 0 atom stereocenters. The van der Waals surface area contributed by atoms with E-state index in [1.165, 1.54) is 24.4 Å². The van der Waals surface area contributed by atoms with Gasteiger partial charge in [-0.2, -0.15) is 0 Å². The lowest BCUT2D eigenvalue weighted by molar-refractivity contribution is -0.137. The van der Waals surface area contributed by atoms with Crippen LogP contribution in [0.3, 0.4) is 0 Å². The lowest BCUT2D eigenvalue weighted by atomic mass is 10.2. The molecule has 2 N–H and O–H groups in total. The topological polar surface area (TPSA) is 109 Å². The number of methoxy groups -OCH3 is 1. The molecule has 0 saturated heterocycles. The number of aromatic nitrogens is 1. The van der Waals surface area contributed by atoms with Gasteiger partial charge in [0.1, 0.15) is 11.4 Å². The van der Waals surface area contributed by atoms with Crippen LogP contribution in [0.25, 0.3) is 0 Å². The summed E-state index contributed by atoms with van der Waals surface area (Å²) in [5.74, 6) is -1.09. The van der Waals surface area contributed by atoms with E-state index in [1.807, 2.05) is 0 Å². The molecular formula is C16H17N3O5S. The van der Waals surface area contributed by atoms with Gasteiger partial charge in [-0.1, -0.05) is 0 Å². The predicted octanol–water partition coefficient (Wildman–Crippen LogP) is 1.95. The number of carboxylic acids is 1. The van der Waals surface area contributed by atoms with Gasteiger partial charge in [0, 0.05) is 24.5 Å². The summed E-state index contributed by atoms with van der Waals surface area (Å²) in [4.78, 5) is 40.2. The van der Waals surface area contributed by atoms with Crippen molar-refractivity contribution in [3.63, 3.8) is 0 Å². The number of thiazole rings is 1. The number of nitrogens with zero attached hydrogens (tertiary/aromatic N) is 2. The fourth-order valence-electron chi connectivity index (χ4n) is 1.90. The van der Waals surface area contributed by atoms with Gasteiger partial charge in [-0.15, -0.1) is 11.3 Å². The number of aliphatic carboxylic acids is 1. The van der Waals surface area contributed by atoms with Crippen molar-refractivity contribution in [3.8, 4) is 5.75 Å². The number of hydrogen-bond acceptors (Lipinski definition) is 6. The third-order valence-corrected chi connectivity index (χ3v) is 4.06. The zero-order chi connectivity index (χ0) is 18.4. The van der Waals surface area contributed by atoms with E-state index in [1.54, 1.807) is 24.3 Å². The molecule has 0 bridgehead atoms. The Bertz CT molecular complexity index is 772. The van der Waals surface area contributed by atoms with Gasteiger partial charge in [0.2, 0.25) is 0 Å². The number of rotatable bonds is 7. The molecule has 1 aromatic carbocycles. The molecule has 0 spiro atoms. The number of carbonyl (C=O) groups excluding carboxylic acids is 2. The molecule has 2 rings (SSSR count). The Morgan fingerprint density at radius 3 is 2.56 bits per heavy atom. The number of hydrogen-bond donors (Lipinski definition) is 2. The SMILES string of the molecule is COc1ccc(C(=O)Nc2nc(C(=O)N(C)CCC(=O)O)cs2)cc1. The molecule has 1 heterocycles. The number of benzene rings is 1. The van der Waals surface area contributed by atoms with Crippen LogP contribution in [0.2, 0.25) is 0 Å². The van der Waals surface area contributed by atoms with Crippen molar-refractivity contribution in [1.82, 2.24) is 9.88 Å². The monoisotopic (exact) mass is 363 g/mol. The first-order valence-corrected chi connectivity index (χ1v) is 8.17. The van der Waals surface area contributed by atoms with E-state index in [-0.39, 0.29) is 29.7 Å². The van der Waals surface area contributed by atoms with E-state index in [0.29, 0.717) is 11.3 Å². The van der Waals surface area contributed by atoms with E-state index >= 15 is 0 Å². The molecule has 0 saturated carbocycles. The minimum absolute atomic E-state index is 0.0826. The van der Waals surface area contributed by atoms with Crippen LogP contribution in [-0.2, 0) is 4.79 Å². The summed E-state index contributed by atoms with van der Waals surface area (Å²) >= 11 is 1.12. The van der Waals surface area contributed by atoms with Gasteiger partial charge in [0.25, 0.3) is 11.8 Å². The number of amides is 2. The van der Waals surface area contributed by atoms with Crippen LogP contribution in [0.1, 0.15) is 27.3 Å². The van der Waals surface area contributed by atoms with E-state index < -0.39 is 11.9 Å². The Morgan fingerprint density at radius 2 is 1.96 bits per heavy atom. The van der Waals surface area contributed by atoms with Crippen molar-refractivity contribution < 1.29 is 24.2 Å². The molecule has 132 valence electrons. The maximum Gasteiger partial charge on any atom is 0.305 e. The molecule has 0 fully saturated rings. The zero-order valence-electron chi connectivity index (χ0n) is 13.7. The summed E-state index contributed by atoms with van der Waals surface area (Å²) in [5, 5.41) is 13.1. The second kappa shape index (κ2) is 8.25. The zero-order valence-corrected chi connectivity index (χ0v) is 14.5. The van der Waals surface area contributed by atoms with Crippen LogP contribution >= 0.6 is 11.3 Å². The highest BCUT2D eigenvalue weighted by Gasteiger charge is 2.17. The maximum atomic E-state index is 12.2. The molecule has 9 heteroatoms. The third-order valence-electron chi connectivity index (χ3n) is 3.30. The number of anilines is 1. The van der Waals surface area contributed by atoms with Crippen molar-refractivity contribution in [2.24, 2.45) is 0 Å². The van der Waals surface area contributed by atoms with Crippen molar-refractivity contribution in [2.75, 3.05) is 26.0 Å². The predicted molar refractivity (Wildman–Crippen MR) is 92.3 cm³/mol. The Hall–Kier alpha value is -2.94. The molecule has 8 nitrogen and oxygen atoms in total. The molecular weight excluding hydrogens is 346 g/mol. The van der Waals surface area contributed by atoms with E-state index in [4.69, 9.17) is 9.84 Å². The normalized spacial score (nSPS) is 10.2. The highest BCUT2D eigenvalue weighted by atomic mass is 32.1. The van der Waals surface area contributed by atoms with Gasteiger partial charge >= 0.3 is 5.97 Å². The molecule has 25 heavy (non-hydrogen) atoms. The summed E-state index contributed by atoms with van der Waals surface area (Å²) in [5.41, 5.74) is 0.588. The molecule has 0 radical (unpaired) electrons. The second-order valence-electron chi connectivity index (χ2n) is 5.09. The van der Waals surface area contributed by atoms with Gasteiger partial charge in [0.15, 0.2) is 5.13 Å². The molecule has 0 aliphatic heterocycles. The highest BCUT2D eigenvalue weighted by molar-refractivity contribution is 7.14. The number of nitrogens with one attached hydrogen (secondary N) is 1. The molecule has 2 amide bonds. The van der Waals surface area contributed by atoms with Gasteiger partial charge < -0.3 is 14.7 Å². The fourth-order valence-corrected chi connectivity index (χ4v) is 2.58. The average Bonchev–Trinajstić information content (AvgIpc) is 3.07. The van der Waals surface area contributed by atoms with Gasteiger partial charge in [-0.25, -0.2) is 4.98 Å². The number of carbonyl (C=O) groups is 3. The Labute approximate surface area is 148 Å². The first-order valence-electron chi connectivity index (χ1n) is 7.29. The fraction of sp³-hybridized carbons (Fsp3) is 0.250. The first-order chi connectivity index (χ1) is 11.9. The summed E-state index contributed by atoms with van der Waals surface area (Å²) in [6, 6.07) is 6.58. The minimum Gasteiger partial charge on any atom is -0.497 e. The smallest absolute Gasteiger partial charge is 0.305 e. The van der Waals surface area contributed by atoms with Crippen molar-refractivity contribution in [2.45, 2.75) is 6.42 Å².